The van der Waals surface area contributed by atoms with E-state index in [4.69, 9.17) is 9.47 Å². The fourth-order valence-corrected chi connectivity index (χ4v) is 2.91. The van der Waals surface area contributed by atoms with Crippen LogP contribution in [0.25, 0.3) is 0 Å². The average Bonchev–Trinajstić information content (AvgIpc) is 2.92. The third-order valence-corrected chi connectivity index (χ3v) is 4.00. The summed E-state index contributed by atoms with van der Waals surface area (Å²) in [6.07, 6.45) is 4.25. The zero-order valence-corrected chi connectivity index (χ0v) is 10.5. The fourth-order valence-electron chi connectivity index (χ4n) is 2.91. The lowest BCUT2D eigenvalue weighted by atomic mass is 9.74. The Hall–Kier alpha value is -0.570. The first-order valence-electron chi connectivity index (χ1n) is 6.43. The second kappa shape index (κ2) is 4.36. The lowest BCUT2D eigenvalue weighted by molar-refractivity contribution is -0.144. The van der Waals surface area contributed by atoms with Crippen LogP contribution in [0.15, 0.2) is 0 Å². The van der Waals surface area contributed by atoms with E-state index in [-0.39, 0.29) is 17.7 Å². The third-order valence-electron chi connectivity index (χ3n) is 4.00. The lowest BCUT2D eigenvalue weighted by Gasteiger charge is -2.29. The Morgan fingerprint density at radius 3 is 2.94 bits per heavy atom. The molecule has 1 aliphatic carbocycles. The van der Waals surface area contributed by atoms with Gasteiger partial charge in [-0.25, -0.2) is 4.79 Å². The second-order valence-corrected chi connectivity index (χ2v) is 5.42. The van der Waals surface area contributed by atoms with Crippen molar-refractivity contribution in [2.24, 2.45) is 11.8 Å². The van der Waals surface area contributed by atoms with Crippen molar-refractivity contribution in [1.82, 2.24) is 0 Å². The Balaban J connectivity index is 1.93. The molecule has 3 nitrogen and oxygen atoms in total. The van der Waals surface area contributed by atoms with Gasteiger partial charge in [-0.1, -0.05) is 20.3 Å². The molecule has 16 heavy (non-hydrogen) atoms. The van der Waals surface area contributed by atoms with Gasteiger partial charge in [0, 0.05) is 0 Å². The van der Waals surface area contributed by atoms with Crippen molar-refractivity contribution in [3.8, 4) is 0 Å². The van der Waals surface area contributed by atoms with Crippen molar-refractivity contribution in [2.45, 2.75) is 58.2 Å². The Kier molecular flexibility index (Phi) is 3.24. The van der Waals surface area contributed by atoms with E-state index < -0.39 is 0 Å². The van der Waals surface area contributed by atoms with Crippen LogP contribution in [-0.4, -0.2) is 24.3 Å². The summed E-state index contributed by atoms with van der Waals surface area (Å²) in [5.41, 5.74) is -0.153. The number of hydrogen-bond acceptors (Lipinski definition) is 3. The van der Waals surface area contributed by atoms with E-state index in [0.717, 1.165) is 12.8 Å². The van der Waals surface area contributed by atoms with E-state index in [1.54, 1.807) is 0 Å². The molecule has 2 fully saturated rings. The minimum absolute atomic E-state index is 0.153. The summed E-state index contributed by atoms with van der Waals surface area (Å²) in [7, 11) is 0. The predicted octanol–water partition coefficient (Wildman–Crippen LogP) is 2.53. The summed E-state index contributed by atoms with van der Waals surface area (Å²) in [6.45, 7) is 6.80. The number of epoxide rings is 1. The standard InChI is InChI=1S/C13H22O3/c1-4-15-12(14)11-13(16-11)7-5-6-10(8-13)9(2)3/h9-11H,4-8H2,1-3H3. The molecule has 1 spiro atoms. The molecular formula is C13H22O3. The summed E-state index contributed by atoms with van der Waals surface area (Å²) in [6, 6.07) is 0. The highest BCUT2D eigenvalue weighted by Gasteiger charge is 2.62. The first kappa shape index (κ1) is 11.9. The third kappa shape index (κ3) is 2.10. The van der Waals surface area contributed by atoms with E-state index in [9.17, 15) is 4.79 Å². The van der Waals surface area contributed by atoms with Crippen molar-refractivity contribution in [3.05, 3.63) is 0 Å². The summed E-state index contributed by atoms with van der Waals surface area (Å²) >= 11 is 0. The van der Waals surface area contributed by atoms with E-state index >= 15 is 0 Å². The number of carbonyl (C=O) groups is 1. The molecule has 1 heterocycles. The molecule has 1 saturated heterocycles. The highest BCUT2D eigenvalue weighted by Crippen LogP contribution is 2.51. The van der Waals surface area contributed by atoms with Gasteiger partial charge in [0.05, 0.1) is 6.61 Å². The van der Waals surface area contributed by atoms with Crippen LogP contribution in [0.4, 0.5) is 0 Å². The first-order chi connectivity index (χ1) is 7.59. The van der Waals surface area contributed by atoms with Gasteiger partial charge in [0.15, 0.2) is 6.10 Å². The maximum atomic E-state index is 11.6. The maximum Gasteiger partial charge on any atom is 0.338 e. The van der Waals surface area contributed by atoms with Gasteiger partial charge in [-0.05, 0) is 38.0 Å². The van der Waals surface area contributed by atoms with E-state index in [1.807, 2.05) is 6.92 Å². The number of carbonyl (C=O) groups excluding carboxylic acids is 1. The monoisotopic (exact) mass is 226 g/mol. The van der Waals surface area contributed by atoms with Crippen LogP contribution in [0.2, 0.25) is 0 Å². The minimum atomic E-state index is -0.269. The molecule has 0 radical (unpaired) electrons. The van der Waals surface area contributed by atoms with Crippen LogP contribution in [0.5, 0.6) is 0 Å². The average molecular weight is 226 g/mol. The molecule has 3 heteroatoms. The Morgan fingerprint density at radius 1 is 1.56 bits per heavy atom. The summed E-state index contributed by atoms with van der Waals surface area (Å²) in [4.78, 5) is 11.6. The molecule has 1 aliphatic heterocycles. The van der Waals surface area contributed by atoms with Crippen molar-refractivity contribution in [1.29, 1.82) is 0 Å². The van der Waals surface area contributed by atoms with Gasteiger partial charge in [-0.3, -0.25) is 0 Å². The van der Waals surface area contributed by atoms with Gasteiger partial charge in [-0.2, -0.15) is 0 Å². The molecule has 3 atom stereocenters. The van der Waals surface area contributed by atoms with Crippen molar-refractivity contribution in [3.63, 3.8) is 0 Å². The molecule has 0 bridgehead atoms. The molecule has 3 unspecified atom stereocenters. The van der Waals surface area contributed by atoms with Crippen LogP contribution in [0, 0.1) is 11.8 Å². The van der Waals surface area contributed by atoms with E-state index in [0.29, 0.717) is 18.4 Å². The smallest absolute Gasteiger partial charge is 0.338 e. The number of hydrogen-bond donors (Lipinski definition) is 0. The summed E-state index contributed by atoms with van der Waals surface area (Å²) < 4.78 is 10.7. The molecule has 0 N–H and O–H groups in total. The highest BCUT2D eigenvalue weighted by atomic mass is 16.7. The van der Waals surface area contributed by atoms with E-state index in [1.165, 1.54) is 12.8 Å². The summed E-state index contributed by atoms with van der Waals surface area (Å²) in [5, 5.41) is 0. The topological polar surface area (TPSA) is 38.8 Å². The molecule has 2 aliphatic rings. The SMILES string of the molecule is CCOC(=O)C1OC12CCCC(C(C)C)C2. The fraction of sp³-hybridized carbons (Fsp3) is 0.923. The maximum absolute atomic E-state index is 11.6. The molecular weight excluding hydrogens is 204 g/mol. The van der Waals surface area contributed by atoms with Crippen molar-refractivity contribution in [2.75, 3.05) is 6.61 Å². The Labute approximate surface area is 97.5 Å². The number of rotatable bonds is 3. The molecule has 0 aromatic rings. The van der Waals surface area contributed by atoms with Gasteiger partial charge < -0.3 is 9.47 Å². The predicted molar refractivity (Wildman–Crippen MR) is 61.0 cm³/mol. The molecule has 2 rings (SSSR count). The summed E-state index contributed by atoms with van der Waals surface area (Å²) in [5.74, 6) is 1.23. The largest absolute Gasteiger partial charge is 0.464 e. The highest BCUT2D eigenvalue weighted by molar-refractivity contribution is 5.79. The van der Waals surface area contributed by atoms with Crippen LogP contribution in [0.1, 0.15) is 46.5 Å². The zero-order valence-electron chi connectivity index (χ0n) is 10.5. The van der Waals surface area contributed by atoms with Gasteiger partial charge in [0.2, 0.25) is 0 Å². The van der Waals surface area contributed by atoms with Crippen LogP contribution < -0.4 is 0 Å². The van der Waals surface area contributed by atoms with Gasteiger partial charge in [0.25, 0.3) is 0 Å². The van der Waals surface area contributed by atoms with Crippen molar-refractivity contribution < 1.29 is 14.3 Å². The Morgan fingerprint density at radius 2 is 2.31 bits per heavy atom. The minimum Gasteiger partial charge on any atom is -0.464 e. The number of ether oxygens (including phenoxy) is 2. The zero-order chi connectivity index (χ0) is 11.8. The number of esters is 1. The van der Waals surface area contributed by atoms with Gasteiger partial charge in [-0.15, -0.1) is 0 Å². The molecule has 1 saturated carbocycles. The van der Waals surface area contributed by atoms with E-state index in [2.05, 4.69) is 13.8 Å². The van der Waals surface area contributed by atoms with Crippen LogP contribution >= 0.6 is 0 Å². The van der Waals surface area contributed by atoms with Crippen molar-refractivity contribution >= 4 is 5.97 Å². The lowest BCUT2D eigenvalue weighted by Crippen LogP contribution is -2.31. The second-order valence-electron chi connectivity index (χ2n) is 5.42. The molecule has 0 aromatic carbocycles. The van der Waals surface area contributed by atoms with Crippen LogP contribution in [0.3, 0.4) is 0 Å². The normalized spacial score (nSPS) is 37.8. The van der Waals surface area contributed by atoms with Crippen LogP contribution in [-0.2, 0) is 14.3 Å². The quantitative estimate of drug-likeness (QED) is 0.548. The first-order valence-corrected chi connectivity index (χ1v) is 6.43. The Bertz CT molecular complexity index is 274. The van der Waals surface area contributed by atoms with Gasteiger partial charge in [0.1, 0.15) is 5.60 Å². The van der Waals surface area contributed by atoms with Gasteiger partial charge >= 0.3 is 5.97 Å². The molecule has 0 amide bonds. The molecule has 92 valence electrons. The molecule has 0 aromatic heterocycles.